The topological polar surface area (TPSA) is 55.8 Å². The molecule has 1 saturated heterocycles. The summed E-state index contributed by atoms with van der Waals surface area (Å²) >= 11 is 0. The van der Waals surface area contributed by atoms with E-state index in [0.717, 1.165) is 37.1 Å². The summed E-state index contributed by atoms with van der Waals surface area (Å²) in [7, 11) is 1.65. The molecule has 1 heterocycles. The molecule has 1 amide bonds. The zero-order valence-electron chi connectivity index (χ0n) is 13.5. The first-order chi connectivity index (χ1) is 11.2. The van der Waals surface area contributed by atoms with Crippen LogP contribution in [0.3, 0.4) is 0 Å². The third kappa shape index (κ3) is 5.53. The molecule has 2 rings (SSSR count). The molecule has 0 saturated carbocycles. The maximum Gasteiger partial charge on any atom is 0.330 e. The average Bonchev–Trinajstić information content (AvgIpc) is 2.99. The highest BCUT2D eigenvalue weighted by Gasteiger charge is 2.21. The summed E-state index contributed by atoms with van der Waals surface area (Å²) in [6.45, 7) is 1.87. The van der Waals surface area contributed by atoms with Gasteiger partial charge in [-0.1, -0.05) is 12.1 Å². The van der Waals surface area contributed by atoms with E-state index in [1.807, 2.05) is 24.3 Å². The summed E-state index contributed by atoms with van der Waals surface area (Å²) in [5, 5.41) is 0. The number of unbranched alkanes of at least 4 members (excludes halogenated alkanes) is 1. The summed E-state index contributed by atoms with van der Waals surface area (Å²) in [4.78, 5) is 25.1. The van der Waals surface area contributed by atoms with Crippen molar-refractivity contribution < 1.29 is 19.1 Å². The number of amides is 1. The zero-order valence-corrected chi connectivity index (χ0v) is 13.5. The van der Waals surface area contributed by atoms with Gasteiger partial charge in [-0.05, 0) is 43.0 Å². The Kier molecular flexibility index (Phi) is 6.81. The van der Waals surface area contributed by atoms with Crippen molar-refractivity contribution in [1.82, 2.24) is 0 Å². The van der Waals surface area contributed by atoms with Gasteiger partial charge in [0.15, 0.2) is 0 Å². The number of hydrogen-bond acceptors (Lipinski definition) is 4. The zero-order chi connectivity index (χ0) is 16.5. The molecule has 1 aromatic carbocycles. The molecule has 0 aromatic heterocycles. The molecule has 0 atom stereocenters. The summed E-state index contributed by atoms with van der Waals surface area (Å²) in [6, 6.07) is 7.59. The molecular formula is C18H23NO4. The Labute approximate surface area is 136 Å². The first-order valence-corrected chi connectivity index (χ1v) is 7.95. The number of carbonyl (C=O) groups is 2. The number of anilines is 1. The fourth-order valence-electron chi connectivity index (χ4n) is 2.42. The van der Waals surface area contributed by atoms with Crippen molar-refractivity contribution in [3.05, 3.63) is 35.9 Å². The van der Waals surface area contributed by atoms with Crippen LogP contribution < -0.4 is 4.90 Å². The van der Waals surface area contributed by atoms with E-state index >= 15 is 0 Å². The quantitative estimate of drug-likeness (QED) is 0.420. The van der Waals surface area contributed by atoms with Crippen molar-refractivity contribution in [2.75, 3.05) is 31.8 Å². The van der Waals surface area contributed by atoms with Gasteiger partial charge in [-0.2, -0.15) is 0 Å². The lowest BCUT2D eigenvalue weighted by molar-refractivity contribution is -0.137. The lowest BCUT2D eigenvalue weighted by atomic mass is 10.2. The maximum atomic E-state index is 11.7. The highest BCUT2D eigenvalue weighted by atomic mass is 16.5. The molecular weight excluding hydrogens is 294 g/mol. The second-order valence-corrected chi connectivity index (χ2v) is 5.44. The molecule has 23 heavy (non-hydrogen) atoms. The largest absolute Gasteiger partial charge is 0.463 e. The minimum Gasteiger partial charge on any atom is -0.463 e. The third-order valence-corrected chi connectivity index (χ3v) is 3.68. The second kappa shape index (κ2) is 9.10. The lowest BCUT2D eigenvalue weighted by Gasteiger charge is -2.15. The van der Waals surface area contributed by atoms with Gasteiger partial charge in [-0.15, -0.1) is 0 Å². The normalized spacial score (nSPS) is 14.7. The molecule has 124 valence electrons. The van der Waals surface area contributed by atoms with E-state index < -0.39 is 0 Å². The number of rotatable bonds is 8. The molecule has 5 heteroatoms. The number of benzene rings is 1. The molecule has 0 unspecified atom stereocenters. The summed E-state index contributed by atoms with van der Waals surface area (Å²) in [5.74, 6) is -0.174. The van der Waals surface area contributed by atoms with E-state index in [9.17, 15) is 9.59 Å². The standard InChI is InChI=1S/C18H23NO4/c1-22-13-2-3-14-23-18(21)11-8-15-6-9-16(10-7-15)19-12-4-5-17(19)20/h6-11H,2-5,12-14H2,1H3/b11-8+. The Morgan fingerprint density at radius 2 is 1.96 bits per heavy atom. The van der Waals surface area contributed by atoms with Gasteiger partial charge in [0.25, 0.3) is 0 Å². The first-order valence-electron chi connectivity index (χ1n) is 7.95. The van der Waals surface area contributed by atoms with Crippen LogP contribution in [0.2, 0.25) is 0 Å². The highest BCUT2D eigenvalue weighted by molar-refractivity contribution is 5.95. The van der Waals surface area contributed by atoms with Gasteiger partial charge in [-0.3, -0.25) is 4.79 Å². The van der Waals surface area contributed by atoms with Crippen molar-refractivity contribution in [2.24, 2.45) is 0 Å². The Morgan fingerprint density at radius 3 is 2.61 bits per heavy atom. The minimum atomic E-state index is -0.346. The molecule has 1 fully saturated rings. The number of nitrogens with zero attached hydrogens (tertiary/aromatic N) is 1. The number of carbonyl (C=O) groups excluding carboxylic acids is 2. The van der Waals surface area contributed by atoms with Gasteiger partial charge in [0, 0.05) is 38.4 Å². The van der Waals surface area contributed by atoms with Crippen molar-refractivity contribution >= 4 is 23.6 Å². The van der Waals surface area contributed by atoms with E-state index in [0.29, 0.717) is 19.6 Å². The van der Waals surface area contributed by atoms with E-state index in [1.165, 1.54) is 6.08 Å². The van der Waals surface area contributed by atoms with Crippen molar-refractivity contribution in [3.8, 4) is 0 Å². The number of ether oxygens (including phenoxy) is 2. The Hall–Kier alpha value is -2.14. The van der Waals surface area contributed by atoms with Crippen LogP contribution in [-0.2, 0) is 19.1 Å². The molecule has 0 N–H and O–H groups in total. The number of methoxy groups -OCH3 is 1. The van der Waals surface area contributed by atoms with Crippen molar-refractivity contribution in [1.29, 1.82) is 0 Å². The average molecular weight is 317 g/mol. The first kappa shape index (κ1) is 17.2. The fourth-order valence-corrected chi connectivity index (χ4v) is 2.42. The Bertz CT molecular complexity index is 551. The summed E-state index contributed by atoms with van der Waals surface area (Å²) in [6.07, 6.45) is 6.35. The highest BCUT2D eigenvalue weighted by Crippen LogP contribution is 2.21. The maximum absolute atomic E-state index is 11.7. The van der Waals surface area contributed by atoms with Gasteiger partial charge in [0.1, 0.15) is 0 Å². The van der Waals surface area contributed by atoms with Crippen LogP contribution >= 0.6 is 0 Å². The second-order valence-electron chi connectivity index (χ2n) is 5.44. The molecule has 1 aliphatic rings. The van der Waals surface area contributed by atoms with Crippen LogP contribution in [0.25, 0.3) is 6.08 Å². The predicted molar refractivity (Wildman–Crippen MR) is 89.1 cm³/mol. The van der Waals surface area contributed by atoms with E-state index in [4.69, 9.17) is 9.47 Å². The number of esters is 1. The number of hydrogen-bond donors (Lipinski definition) is 0. The Balaban J connectivity index is 1.78. The van der Waals surface area contributed by atoms with Gasteiger partial charge in [-0.25, -0.2) is 4.79 Å². The van der Waals surface area contributed by atoms with Crippen LogP contribution in [0.5, 0.6) is 0 Å². The van der Waals surface area contributed by atoms with Crippen LogP contribution in [0.1, 0.15) is 31.2 Å². The smallest absolute Gasteiger partial charge is 0.330 e. The molecule has 0 spiro atoms. The van der Waals surface area contributed by atoms with E-state index in [1.54, 1.807) is 18.1 Å². The summed E-state index contributed by atoms with van der Waals surface area (Å²) in [5.41, 5.74) is 1.81. The molecule has 5 nitrogen and oxygen atoms in total. The van der Waals surface area contributed by atoms with Gasteiger partial charge in [0.05, 0.1) is 6.61 Å². The molecule has 1 aliphatic heterocycles. The summed E-state index contributed by atoms with van der Waals surface area (Å²) < 4.78 is 10.0. The predicted octanol–water partition coefficient (Wildman–Crippen LogP) is 2.80. The Morgan fingerprint density at radius 1 is 1.22 bits per heavy atom. The molecule has 0 radical (unpaired) electrons. The molecule has 0 bridgehead atoms. The van der Waals surface area contributed by atoms with Crippen LogP contribution in [0, 0.1) is 0 Å². The van der Waals surface area contributed by atoms with Gasteiger partial charge in [0.2, 0.25) is 5.91 Å². The third-order valence-electron chi connectivity index (χ3n) is 3.68. The van der Waals surface area contributed by atoms with E-state index in [2.05, 4.69) is 0 Å². The van der Waals surface area contributed by atoms with Gasteiger partial charge < -0.3 is 14.4 Å². The van der Waals surface area contributed by atoms with Crippen LogP contribution in [0.15, 0.2) is 30.3 Å². The SMILES string of the molecule is COCCCCOC(=O)/C=C/c1ccc(N2CCCC2=O)cc1. The van der Waals surface area contributed by atoms with E-state index in [-0.39, 0.29) is 11.9 Å². The van der Waals surface area contributed by atoms with Crippen molar-refractivity contribution in [3.63, 3.8) is 0 Å². The van der Waals surface area contributed by atoms with Crippen LogP contribution in [-0.4, -0.2) is 38.7 Å². The monoisotopic (exact) mass is 317 g/mol. The lowest BCUT2D eigenvalue weighted by Crippen LogP contribution is -2.23. The minimum absolute atomic E-state index is 0.172. The van der Waals surface area contributed by atoms with Gasteiger partial charge >= 0.3 is 5.97 Å². The fraction of sp³-hybridized carbons (Fsp3) is 0.444. The van der Waals surface area contributed by atoms with Crippen molar-refractivity contribution in [2.45, 2.75) is 25.7 Å². The van der Waals surface area contributed by atoms with Crippen LogP contribution in [0.4, 0.5) is 5.69 Å². The molecule has 0 aliphatic carbocycles. The molecule has 1 aromatic rings.